The molecule has 84 valence electrons. The van der Waals surface area contributed by atoms with Crippen LogP contribution in [-0.2, 0) is 0 Å². The number of nitrogens with zero attached hydrogens (tertiary/aromatic N) is 2. The summed E-state index contributed by atoms with van der Waals surface area (Å²) >= 11 is 1.54. The molecule has 0 fully saturated rings. The van der Waals surface area contributed by atoms with Crippen LogP contribution >= 0.6 is 11.3 Å². The summed E-state index contributed by atoms with van der Waals surface area (Å²) in [5.74, 6) is 0. The van der Waals surface area contributed by atoms with Crippen LogP contribution in [0, 0.1) is 12.1 Å². The van der Waals surface area contributed by atoms with Crippen LogP contribution in [0.5, 0.6) is 0 Å². The Balaban J connectivity index is 2.24. The Morgan fingerprint density at radius 3 is 2.76 bits per heavy atom. The lowest BCUT2D eigenvalue weighted by molar-refractivity contribution is -0.600. The molecule has 0 saturated heterocycles. The van der Waals surface area contributed by atoms with Gasteiger partial charge in [-0.1, -0.05) is 12.1 Å². The van der Waals surface area contributed by atoms with Gasteiger partial charge in [-0.15, -0.1) is 11.3 Å². The van der Waals surface area contributed by atoms with Crippen molar-refractivity contribution in [3.05, 3.63) is 53.4 Å². The topological polar surface area (TPSA) is 39.8 Å². The van der Waals surface area contributed by atoms with Gasteiger partial charge in [-0.05, 0) is 18.2 Å². The number of hydrogen-bond donors (Lipinski definition) is 0. The van der Waals surface area contributed by atoms with Gasteiger partial charge in [0.15, 0.2) is 10.7 Å². The van der Waals surface area contributed by atoms with E-state index < -0.39 is 0 Å². The van der Waals surface area contributed by atoms with E-state index in [2.05, 4.69) is 4.98 Å². The molecule has 0 aliphatic heterocycles. The van der Waals surface area contributed by atoms with E-state index >= 15 is 0 Å². The standard InChI is InChI=1S/C13H10N2OS/c1-9-5-4-7-11(15(9)16)13-14-10-6-2-3-8-12(10)17-13/h2-8H,1H3. The minimum absolute atomic E-state index is 0.617. The average molecular weight is 242 g/mol. The molecule has 3 rings (SSSR count). The second-order valence-corrected chi connectivity index (χ2v) is 4.86. The monoisotopic (exact) mass is 242 g/mol. The van der Waals surface area contributed by atoms with Crippen LogP contribution in [0.15, 0.2) is 42.5 Å². The third-order valence-corrected chi connectivity index (χ3v) is 3.70. The van der Waals surface area contributed by atoms with Crippen LogP contribution in [0.3, 0.4) is 0 Å². The predicted octanol–water partition coefficient (Wildman–Crippen LogP) is 2.91. The van der Waals surface area contributed by atoms with Crippen molar-refractivity contribution >= 4 is 21.6 Å². The molecular formula is C13H10N2OS. The van der Waals surface area contributed by atoms with Gasteiger partial charge in [0, 0.05) is 19.1 Å². The van der Waals surface area contributed by atoms with Crippen LogP contribution in [0.25, 0.3) is 20.9 Å². The number of rotatable bonds is 1. The highest BCUT2D eigenvalue weighted by atomic mass is 32.1. The molecule has 0 bridgehead atoms. The summed E-state index contributed by atoms with van der Waals surface area (Å²) in [5.41, 5.74) is 2.24. The van der Waals surface area contributed by atoms with Gasteiger partial charge in [0.05, 0.1) is 10.2 Å². The molecule has 1 aromatic carbocycles. The molecule has 4 heteroatoms. The molecular weight excluding hydrogens is 232 g/mol. The van der Waals surface area contributed by atoms with Gasteiger partial charge < -0.3 is 5.21 Å². The lowest BCUT2D eigenvalue weighted by Crippen LogP contribution is -2.32. The Hall–Kier alpha value is -1.94. The molecule has 0 radical (unpaired) electrons. The second-order valence-electron chi connectivity index (χ2n) is 3.83. The molecule has 2 aromatic heterocycles. The van der Waals surface area contributed by atoms with Crippen LogP contribution in [0.2, 0.25) is 0 Å². The lowest BCUT2D eigenvalue weighted by atomic mass is 10.3. The molecule has 0 amide bonds. The smallest absolute Gasteiger partial charge is 0.253 e. The minimum Gasteiger partial charge on any atom is -0.618 e. The van der Waals surface area contributed by atoms with Crippen molar-refractivity contribution < 1.29 is 4.73 Å². The van der Waals surface area contributed by atoms with Crippen molar-refractivity contribution in [1.29, 1.82) is 0 Å². The largest absolute Gasteiger partial charge is 0.618 e. The van der Waals surface area contributed by atoms with Crippen molar-refractivity contribution in [1.82, 2.24) is 4.98 Å². The first-order valence-electron chi connectivity index (χ1n) is 5.31. The van der Waals surface area contributed by atoms with Gasteiger partial charge in [-0.2, -0.15) is 4.73 Å². The van der Waals surface area contributed by atoms with Crippen LogP contribution < -0.4 is 4.73 Å². The molecule has 0 aliphatic carbocycles. The normalized spacial score (nSPS) is 10.9. The summed E-state index contributed by atoms with van der Waals surface area (Å²) in [7, 11) is 0. The molecule has 0 saturated carbocycles. The van der Waals surface area contributed by atoms with E-state index in [1.165, 1.54) is 0 Å². The first-order chi connectivity index (χ1) is 8.25. The fraction of sp³-hybridized carbons (Fsp3) is 0.0769. The fourth-order valence-corrected chi connectivity index (χ4v) is 2.72. The molecule has 17 heavy (non-hydrogen) atoms. The minimum atomic E-state index is 0.617. The Bertz CT molecular complexity index is 658. The number of thiazole rings is 1. The summed E-state index contributed by atoms with van der Waals surface area (Å²) < 4.78 is 2.03. The molecule has 3 nitrogen and oxygen atoms in total. The Morgan fingerprint density at radius 1 is 1.12 bits per heavy atom. The zero-order valence-electron chi connectivity index (χ0n) is 9.25. The van der Waals surface area contributed by atoms with Gasteiger partial charge in [0.1, 0.15) is 0 Å². The Labute approximate surface area is 103 Å². The Kier molecular flexibility index (Phi) is 2.30. The fourth-order valence-electron chi connectivity index (χ4n) is 1.74. The van der Waals surface area contributed by atoms with E-state index in [0.717, 1.165) is 20.0 Å². The number of fused-ring (bicyclic) bond motifs is 1. The maximum atomic E-state index is 11.9. The number of benzene rings is 1. The van der Waals surface area contributed by atoms with Crippen molar-refractivity contribution in [3.8, 4) is 10.7 Å². The molecule has 0 atom stereocenters. The Morgan fingerprint density at radius 2 is 1.94 bits per heavy atom. The summed E-state index contributed by atoms with van der Waals surface area (Å²) in [6.07, 6.45) is 0. The predicted molar refractivity (Wildman–Crippen MR) is 68.8 cm³/mol. The maximum absolute atomic E-state index is 11.9. The third kappa shape index (κ3) is 1.66. The van der Waals surface area contributed by atoms with Gasteiger partial charge >= 0.3 is 0 Å². The number of aromatic nitrogens is 2. The van der Waals surface area contributed by atoms with Gasteiger partial charge in [-0.3, -0.25) is 0 Å². The molecule has 0 spiro atoms. The first kappa shape index (κ1) is 10.2. The summed E-state index contributed by atoms with van der Waals surface area (Å²) in [4.78, 5) is 4.48. The first-order valence-corrected chi connectivity index (χ1v) is 6.12. The van der Waals surface area contributed by atoms with E-state index in [1.54, 1.807) is 30.4 Å². The van der Waals surface area contributed by atoms with Crippen molar-refractivity contribution in [3.63, 3.8) is 0 Å². The molecule has 3 aromatic rings. The van der Waals surface area contributed by atoms with Crippen molar-refractivity contribution in [2.24, 2.45) is 0 Å². The van der Waals surface area contributed by atoms with Crippen LogP contribution in [-0.4, -0.2) is 4.98 Å². The van der Waals surface area contributed by atoms with E-state index in [-0.39, 0.29) is 0 Å². The highest BCUT2D eigenvalue weighted by Gasteiger charge is 2.14. The lowest BCUT2D eigenvalue weighted by Gasteiger charge is -2.03. The summed E-state index contributed by atoms with van der Waals surface area (Å²) in [6.45, 7) is 1.80. The maximum Gasteiger partial charge on any atom is 0.253 e. The highest BCUT2D eigenvalue weighted by Crippen LogP contribution is 2.27. The number of aryl methyl sites for hydroxylation is 1. The van der Waals surface area contributed by atoms with Gasteiger partial charge in [-0.25, -0.2) is 4.98 Å². The zero-order valence-corrected chi connectivity index (χ0v) is 10.1. The quantitative estimate of drug-likeness (QED) is 0.486. The van der Waals surface area contributed by atoms with Crippen LogP contribution in [0.4, 0.5) is 0 Å². The third-order valence-electron chi connectivity index (χ3n) is 2.64. The molecule has 2 heterocycles. The number of hydrogen-bond acceptors (Lipinski definition) is 3. The highest BCUT2D eigenvalue weighted by molar-refractivity contribution is 7.21. The van der Waals surface area contributed by atoms with E-state index in [4.69, 9.17) is 0 Å². The summed E-state index contributed by atoms with van der Waals surface area (Å²) in [5, 5.41) is 12.7. The molecule has 0 unspecified atom stereocenters. The second kappa shape index (κ2) is 3.82. The average Bonchev–Trinajstić information content (AvgIpc) is 2.76. The van der Waals surface area contributed by atoms with Crippen molar-refractivity contribution in [2.75, 3.05) is 0 Å². The zero-order chi connectivity index (χ0) is 11.8. The van der Waals surface area contributed by atoms with E-state index in [9.17, 15) is 5.21 Å². The molecule has 0 N–H and O–H groups in total. The van der Waals surface area contributed by atoms with Crippen LogP contribution in [0.1, 0.15) is 5.69 Å². The van der Waals surface area contributed by atoms with E-state index in [1.807, 2.05) is 30.3 Å². The van der Waals surface area contributed by atoms with Gasteiger partial charge in [0.25, 0.3) is 5.69 Å². The summed E-state index contributed by atoms with van der Waals surface area (Å²) in [6, 6.07) is 13.4. The van der Waals surface area contributed by atoms with E-state index in [0.29, 0.717) is 11.4 Å². The van der Waals surface area contributed by atoms with Gasteiger partial charge in [0.2, 0.25) is 0 Å². The number of pyridine rings is 1. The SMILES string of the molecule is Cc1cccc(-c2nc3ccccc3s2)[n+]1[O-]. The molecule has 0 aliphatic rings. The van der Waals surface area contributed by atoms with Crippen molar-refractivity contribution in [2.45, 2.75) is 6.92 Å². The number of para-hydroxylation sites is 1.